The predicted molar refractivity (Wildman–Crippen MR) is 74.4 cm³/mol. The van der Waals surface area contributed by atoms with Crippen LogP contribution in [0.4, 0.5) is 4.39 Å². The Labute approximate surface area is 122 Å². The van der Waals surface area contributed by atoms with Crippen LogP contribution in [0.25, 0.3) is 0 Å². The number of nitrogens with two attached hydrogens (primary N) is 1. The molecule has 1 aromatic carbocycles. The molecule has 1 unspecified atom stereocenters. The van der Waals surface area contributed by atoms with E-state index in [0.29, 0.717) is 12.2 Å². The number of carboxylic acids is 1. The van der Waals surface area contributed by atoms with Crippen molar-refractivity contribution in [1.82, 2.24) is 5.32 Å². The molecule has 1 rings (SSSR count). The smallest absolute Gasteiger partial charge is 0.322 e. The number of carbonyl (C=O) groups excluding carboxylic acids is 1. The van der Waals surface area contributed by atoms with Crippen molar-refractivity contribution in [3.8, 4) is 0 Å². The lowest BCUT2D eigenvalue weighted by Gasteiger charge is -2.14. The summed E-state index contributed by atoms with van der Waals surface area (Å²) in [5.41, 5.74) is 5.91. The summed E-state index contributed by atoms with van der Waals surface area (Å²) in [6.45, 7) is 3.80. The van der Waals surface area contributed by atoms with Crippen LogP contribution in [-0.4, -0.2) is 36.2 Å². The molecule has 0 aliphatic heterocycles. The molecule has 7 heteroatoms. The fraction of sp³-hybridized carbons (Fsp3) is 0.429. The van der Waals surface area contributed by atoms with Crippen LogP contribution in [0.1, 0.15) is 35.9 Å². The van der Waals surface area contributed by atoms with E-state index >= 15 is 0 Å². The van der Waals surface area contributed by atoms with Gasteiger partial charge in [-0.3, -0.25) is 9.59 Å². The molecule has 0 spiro atoms. The lowest BCUT2D eigenvalue weighted by molar-refractivity contribution is -0.138. The highest BCUT2D eigenvalue weighted by atomic mass is 19.1. The number of benzene rings is 1. The van der Waals surface area contributed by atoms with Gasteiger partial charge in [-0.15, -0.1) is 0 Å². The van der Waals surface area contributed by atoms with Gasteiger partial charge in [-0.05, 0) is 37.6 Å². The quantitative estimate of drug-likeness (QED) is 0.699. The summed E-state index contributed by atoms with van der Waals surface area (Å²) >= 11 is 0. The van der Waals surface area contributed by atoms with E-state index in [0.717, 1.165) is 6.07 Å². The van der Waals surface area contributed by atoms with Crippen LogP contribution in [0, 0.1) is 5.82 Å². The molecule has 0 aliphatic carbocycles. The van der Waals surface area contributed by atoms with Crippen molar-refractivity contribution in [3.05, 3.63) is 35.1 Å². The molecule has 0 saturated heterocycles. The Morgan fingerprint density at radius 1 is 1.43 bits per heavy atom. The third-order valence-electron chi connectivity index (χ3n) is 2.87. The van der Waals surface area contributed by atoms with Gasteiger partial charge in [-0.2, -0.15) is 0 Å². The first-order chi connectivity index (χ1) is 9.85. The van der Waals surface area contributed by atoms with Gasteiger partial charge in [0.25, 0.3) is 5.91 Å². The van der Waals surface area contributed by atoms with Crippen LogP contribution < -0.4 is 11.1 Å². The number of hydrogen-bond acceptors (Lipinski definition) is 4. The van der Waals surface area contributed by atoms with Gasteiger partial charge in [0.05, 0.1) is 6.10 Å². The number of carboxylic acid groups (broad SMARTS) is 1. The van der Waals surface area contributed by atoms with Gasteiger partial charge in [0, 0.05) is 18.7 Å². The fourth-order valence-electron chi connectivity index (χ4n) is 1.72. The van der Waals surface area contributed by atoms with E-state index in [1.54, 1.807) is 6.92 Å². The minimum atomic E-state index is -1.22. The van der Waals surface area contributed by atoms with Crippen LogP contribution in [0.5, 0.6) is 0 Å². The molecular weight excluding hydrogens is 279 g/mol. The van der Waals surface area contributed by atoms with Crippen molar-refractivity contribution in [2.24, 2.45) is 5.73 Å². The Morgan fingerprint density at radius 2 is 2.10 bits per heavy atom. The molecule has 6 nitrogen and oxygen atoms in total. The standard InChI is InChI=1S/C14H19FN2O4/c1-3-21-8(2)9-4-10(6-11(15)5-9)13(18)17-7-12(16)14(19)20/h4-6,8,12H,3,7,16H2,1-2H3,(H,17,18)(H,19,20)/t8-,12?/m1/s1. The zero-order valence-corrected chi connectivity index (χ0v) is 11.9. The monoisotopic (exact) mass is 298 g/mol. The first-order valence-corrected chi connectivity index (χ1v) is 6.53. The number of ether oxygens (including phenoxy) is 1. The van der Waals surface area contributed by atoms with Gasteiger partial charge in [-0.25, -0.2) is 4.39 Å². The summed E-state index contributed by atoms with van der Waals surface area (Å²) in [6.07, 6.45) is -0.349. The molecule has 4 N–H and O–H groups in total. The summed E-state index contributed by atoms with van der Waals surface area (Å²) in [7, 11) is 0. The van der Waals surface area contributed by atoms with Crippen molar-refractivity contribution in [2.45, 2.75) is 26.0 Å². The minimum absolute atomic E-state index is 0.0918. The second-order valence-corrected chi connectivity index (χ2v) is 4.53. The van der Waals surface area contributed by atoms with Gasteiger partial charge in [0.2, 0.25) is 0 Å². The number of aliphatic carboxylic acids is 1. The van der Waals surface area contributed by atoms with Crippen LogP contribution in [-0.2, 0) is 9.53 Å². The highest BCUT2D eigenvalue weighted by Crippen LogP contribution is 2.19. The van der Waals surface area contributed by atoms with E-state index in [4.69, 9.17) is 15.6 Å². The summed E-state index contributed by atoms with van der Waals surface area (Å²) in [5, 5.41) is 11.0. The Kier molecular flexibility index (Phi) is 6.26. The Morgan fingerprint density at radius 3 is 2.67 bits per heavy atom. The lowest BCUT2D eigenvalue weighted by atomic mass is 10.1. The van der Waals surface area contributed by atoms with Gasteiger partial charge in [-0.1, -0.05) is 0 Å². The SMILES string of the molecule is CCO[C@H](C)c1cc(F)cc(C(=O)NCC(N)C(=O)O)c1. The third-order valence-corrected chi connectivity index (χ3v) is 2.87. The van der Waals surface area contributed by atoms with Gasteiger partial charge in [0.1, 0.15) is 11.9 Å². The van der Waals surface area contributed by atoms with Crippen LogP contribution in [0.2, 0.25) is 0 Å². The topological polar surface area (TPSA) is 102 Å². The average molecular weight is 298 g/mol. The minimum Gasteiger partial charge on any atom is -0.480 e. The molecule has 1 amide bonds. The van der Waals surface area contributed by atoms with E-state index in [9.17, 15) is 14.0 Å². The number of rotatable bonds is 7. The largest absolute Gasteiger partial charge is 0.480 e. The fourth-order valence-corrected chi connectivity index (χ4v) is 1.72. The molecule has 21 heavy (non-hydrogen) atoms. The first kappa shape index (κ1) is 17.1. The van der Waals surface area contributed by atoms with Crippen LogP contribution in [0.15, 0.2) is 18.2 Å². The Bertz CT molecular complexity index is 522. The molecule has 0 radical (unpaired) electrons. The van der Waals surface area contributed by atoms with Crippen molar-refractivity contribution in [2.75, 3.05) is 13.2 Å². The van der Waals surface area contributed by atoms with E-state index in [1.165, 1.54) is 12.1 Å². The maximum absolute atomic E-state index is 13.6. The van der Waals surface area contributed by atoms with Crippen LogP contribution in [0.3, 0.4) is 0 Å². The third kappa shape index (κ3) is 5.13. The van der Waals surface area contributed by atoms with E-state index in [-0.39, 0.29) is 18.2 Å². The number of amides is 1. The maximum Gasteiger partial charge on any atom is 0.322 e. The van der Waals surface area contributed by atoms with Gasteiger partial charge in [0.15, 0.2) is 0 Å². The van der Waals surface area contributed by atoms with E-state index in [2.05, 4.69) is 5.32 Å². The second kappa shape index (κ2) is 7.70. The molecule has 0 bridgehead atoms. The normalized spacial score (nSPS) is 13.5. The number of halogens is 1. The number of hydrogen-bond donors (Lipinski definition) is 3. The zero-order chi connectivity index (χ0) is 16.0. The van der Waals surface area contributed by atoms with E-state index < -0.39 is 23.7 Å². The summed E-state index contributed by atoms with van der Waals surface area (Å²) in [5.74, 6) is -2.37. The molecule has 1 aromatic rings. The zero-order valence-electron chi connectivity index (χ0n) is 11.9. The molecule has 0 aromatic heterocycles. The van der Waals surface area contributed by atoms with E-state index in [1.807, 2.05) is 6.92 Å². The lowest BCUT2D eigenvalue weighted by Crippen LogP contribution is -2.42. The van der Waals surface area contributed by atoms with Crippen molar-refractivity contribution >= 4 is 11.9 Å². The van der Waals surface area contributed by atoms with Gasteiger partial charge < -0.3 is 20.9 Å². The molecular formula is C14H19FN2O4. The number of nitrogens with one attached hydrogen (secondary N) is 1. The molecule has 0 heterocycles. The molecule has 0 saturated carbocycles. The molecule has 2 atom stereocenters. The van der Waals surface area contributed by atoms with Crippen molar-refractivity contribution in [1.29, 1.82) is 0 Å². The molecule has 0 fully saturated rings. The summed E-state index contributed by atoms with van der Waals surface area (Å²) in [4.78, 5) is 22.5. The van der Waals surface area contributed by atoms with Crippen molar-refractivity contribution in [3.63, 3.8) is 0 Å². The summed E-state index contributed by atoms with van der Waals surface area (Å²) < 4.78 is 18.9. The Hall–Kier alpha value is -1.99. The predicted octanol–water partition coefficient (Wildman–Crippen LogP) is 1.06. The highest BCUT2D eigenvalue weighted by Gasteiger charge is 2.16. The first-order valence-electron chi connectivity index (χ1n) is 6.53. The highest BCUT2D eigenvalue weighted by molar-refractivity contribution is 5.94. The maximum atomic E-state index is 13.6. The summed E-state index contributed by atoms with van der Waals surface area (Å²) in [6, 6.07) is 2.67. The van der Waals surface area contributed by atoms with Gasteiger partial charge >= 0.3 is 5.97 Å². The average Bonchev–Trinajstić information content (AvgIpc) is 2.43. The van der Waals surface area contributed by atoms with Crippen molar-refractivity contribution < 1.29 is 23.8 Å². The Balaban J connectivity index is 2.82. The number of carbonyl (C=O) groups is 2. The molecule has 116 valence electrons. The molecule has 0 aliphatic rings. The van der Waals surface area contributed by atoms with Crippen LogP contribution >= 0.6 is 0 Å². The second-order valence-electron chi connectivity index (χ2n) is 4.53.